The summed E-state index contributed by atoms with van der Waals surface area (Å²) in [6.45, 7) is 2.82. The number of phenols is 1. The van der Waals surface area contributed by atoms with Gasteiger partial charge in [-0.3, -0.25) is 0 Å². The van der Waals surface area contributed by atoms with E-state index >= 15 is 0 Å². The molecular weight excluding hydrogens is 451 g/mol. The fraction of sp³-hybridized carbons (Fsp3) is 0.250. The van der Waals surface area contributed by atoms with Gasteiger partial charge in [-0.2, -0.15) is 0 Å². The molecule has 10 heteroatoms. The molecule has 0 radical (unpaired) electrons. The number of esters is 1. The number of benzene rings is 2. The Morgan fingerprint density at radius 3 is 2.15 bits per heavy atom. The monoisotopic (exact) mass is 478 g/mol. The summed E-state index contributed by atoms with van der Waals surface area (Å²) < 4.78 is 15.7. The smallest absolute Gasteiger partial charge is 1.00 e. The van der Waals surface area contributed by atoms with Crippen molar-refractivity contribution in [2.75, 3.05) is 40.4 Å². The Labute approximate surface area is 221 Å². The van der Waals surface area contributed by atoms with E-state index in [1.54, 1.807) is 41.5 Å². The molecule has 0 amide bonds. The zero-order chi connectivity index (χ0) is 23.6. The number of hydrogen-bond donors (Lipinski definition) is 2. The zero-order valence-electron chi connectivity index (χ0n) is 20.4. The molecule has 2 N–H and O–H groups in total. The van der Waals surface area contributed by atoms with Crippen molar-refractivity contribution < 1.29 is 64.7 Å². The van der Waals surface area contributed by atoms with Gasteiger partial charge >= 0.3 is 41.5 Å². The summed E-state index contributed by atoms with van der Waals surface area (Å²) in [6.07, 6.45) is 5.72. The van der Waals surface area contributed by atoms with Gasteiger partial charge in [0.2, 0.25) is 0 Å². The van der Waals surface area contributed by atoms with E-state index in [9.17, 15) is 14.7 Å². The van der Waals surface area contributed by atoms with Crippen LogP contribution in [0, 0.1) is 0 Å². The second-order valence-electron chi connectivity index (χ2n) is 7.02. The minimum Gasteiger partial charge on any atom is -1.00 e. The Kier molecular flexibility index (Phi) is 11.1. The van der Waals surface area contributed by atoms with Gasteiger partial charge in [-0.1, -0.05) is 12.1 Å². The normalized spacial score (nSPS) is 13.9. The maximum absolute atomic E-state index is 12.2. The summed E-state index contributed by atoms with van der Waals surface area (Å²) in [6, 6.07) is 9.61. The van der Waals surface area contributed by atoms with E-state index in [1.807, 2.05) is 0 Å². The number of carbonyl (C=O) groups is 2. The van der Waals surface area contributed by atoms with E-state index in [2.05, 4.69) is 5.32 Å². The number of nitrogens with one attached hydrogen (secondary N) is 1. The van der Waals surface area contributed by atoms with Gasteiger partial charge in [-0.05, 0) is 47.5 Å². The average Bonchev–Trinajstić information content (AvgIpc) is 2.83. The summed E-state index contributed by atoms with van der Waals surface area (Å²) >= 11 is 0. The Hall–Kier alpha value is -2.82. The fourth-order valence-corrected chi connectivity index (χ4v) is 3.03. The molecule has 34 heavy (non-hydrogen) atoms. The molecule has 0 bridgehead atoms. The van der Waals surface area contributed by atoms with E-state index < -0.39 is 11.9 Å². The van der Waals surface area contributed by atoms with E-state index in [1.165, 1.54) is 38.5 Å². The largest absolute Gasteiger partial charge is 1.00 e. The van der Waals surface area contributed by atoms with Crippen molar-refractivity contribution in [2.24, 2.45) is 0 Å². The number of carbonyl (C=O) groups excluding carboxylic acids is 2. The number of hydrogen-bond acceptors (Lipinski definition) is 9. The SMILES string of the molecule is COc1cc(C=CC(=O)Oc2ccc(C=CC(=O)ON3CCNCC3)cc2OC)ccc1O.[H-].[Na+]. The Morgan fingerprint density at radius 1 is 0.912 bits per heavy atom. The molecule has 3 rings (SSSR count). The molecule has 0 aromatic heterocycles. The minimum absolute atomic E-state index is 0. The van der Waals surface area contributed by atoms with E-state index in [0.717, 1.165) is 13.1 Å². The molecule has 1 aliphatic heterocycles. The summed E-state index contributed by atoms with van der Waals surface area (Å²) in [4.78, 5) is 29.5. The van der Waals surface area contributed by atoms with Crippen molar-refractivity contribution in [1.29, 1.82) is 0 Å². The zero-order valence-corrected chi connectivity index (χ0v) is 21.4. The topological polar surface area (TPSA) is 107 Å². The molecule has 9 nitrogen and oxygen atoms in total. The number of phenolic OH excluding ortho intramolecular Hbond substituents is 1. The molecule has 0 unspecified atom stereocenters. The number of methoxy groups -OCH3 is 2. The van der Waals surface area contributed by atoms with Crippen LogP contribution in [-0.2, 0) is 14.4 Å². The standard InChI is InChI=1S/C24H26N2O7.Na.H/c1-30-21-15-17(3-7-19(21)27)5-9-23(28)32-20-8-4-18(16-22(20)31-2)6-10-24(29)33-26-13-11-25-12-14-26;;/h3-10,15-16,25,27H,11-14H2,1-2H3;;/q;+1;-1. The van der Waals surface area contributed by atoms with Gasteiger partial charge in [0.05, 0.1) is 14.2 Å². The van der Waals surface area contributed by atoms with Crippen LogP contribution in [-0.4, -0.2) is 62.5 Å². The number of hydroxylamine groups is 2. The summed E-state index contributed by atoms with van der Waals surface area (Å²) in [5, 5.41) is 14.4. The molecule has 176 valence electrons. The van der Waals surface area contributed by atoms with Crippen LogP contribution in [0.5, 0.6) is 23.0 Å². The first-order valence-corrected chi connectivity index (χ1v) is 10.3. The molecular formula is C24H27N2NaO7. The van der Waals surface area contributed by atoms with Crippen LogP contribution in [0.4, 0.5) is 0 Å². The third-order valence-electron chi connectivity index (χ3n) is 4.72. The first-order chi connectivity index (χ1) is 16.0. The van der Waals surface area contributed by atoms with Gasteiger partial charge in [0.1, 0.15) is 0 Å². The molecule has 2 aromatic carbocycles. The quantitative estimate of drug-likeness (QED) is 0.225. The Bertz CT molecular complexity index is 1060. The number of nitrogens with zero attached hydrogens (tertiary/aromatic N) is 1. The Morgan fingerprint density at radius 2 is 1.50 bits per heavy atom. The summed E-state index contributed by atoms with van der Waals surface area (Å²) in [7, 11) is 2.90. The van der Waals surface area contributed by atoms with Crippen LogP contribution >= 0.6 is 0 Å². The molecule has 0 atom stereocenters. The third kappa shape index (κ3) is 8.19. The first kappa shape index (κ1) is 27.4. The minimum atomic E-state index is -0.608. The van der Waals surface area contributed by atoms with Gasteiger partial charge < -0.3 is 30.9 Å². The molecule has 2 aromatic rings. The molecule has 0 aliphatic carbocycles. The van der Waals surface area contributed by atoms with Crippen LogP contribution in [0.2, 0.25) is 0 Å². The first-order valence-electron chi connectivity index (χ1n) is 10.3. The third-order valence-corrected chi connectivity index (χ3v) is 4.72. The predicted molar refractivity (Wildman–Crippen MR) is 123 cm³/mol. The molecule has 1 aliphatic rings. The second-order valence-corrected chi connectivity index (χ2v) is 7.02. The maximum atomic E-state index is 12.2. The summed E-state index contributed by atoms with van der Waals surface area (Å²) in [5.41, 5.74) is 1.33. The van der Waals surface area contributed by atoms with Crippen molar-refractivity contribution in [2.45, 2.75) is 0 Å². The molecule has 1 saturated heterocycles. The van der Waals surface area contributed by atoms with E-state index in [0.29, 0.717) is 35.7 Å². The molecule has 0 spiro atoms. The number of piperazine rings is 1. The van der Waals surface area contributed by atoms with Crippen LogP contribution < -0.4 is 49.1 Å². The van der Waals surface area contributed by atoms with Gasteiger partial charge in [0.15, 0.2) is 23.0 Å². The van der Waals surface area contributed by atoms with Crippen molar-refractivity contribution in [3.63, 3.8) is 0 Å². The molecule has 1 heterocycles. The van der Waals surface area contributed by atoms with Crippen molar-refractivity contribution in [3.05, 3.63) is 59.7 Å². The molecule has 1 fully saturated rings. The van der Waals surface area contributed by atoms with Gasteiger partial charge in [-0.15, -0.1) is 5.06 Å². The number of rotatable bonds is 8. The average molecular weight is 478 g/mol. The van der Waals surface area contributed by atoms with E-state index in [-0.39, 0.29) is 42.5 Å². The van der Waals surface area contributed by atoms with Gasteiger partial charge in [0.25, 0.3) is 0 Å². The van der Waals surface area contributed by atoms with Crippen LogP contribution in [0.3, 0.4) is 0 Å². The number of aromatic hydroxyl groups is 1. The number of ether oxygens (including phenoxy) is 3. The van der Waals surface area contributed by atoms with Crippen molar-refractivity contribution >= 4 is 24.1 Å². The van der Waals surface area contributed by atoms with Crippen LogP contribution in [0.15, 0.2) is 48.6 Å². The second kappa shape index (κ2) is 13.8. The fourth-order valence-electron chi connectivity index (χ4n) is 3.03. The van der Waals surface area contributed by atoms with Crippen molar-refractivity contribution in [1.82, 2.24) is 10.4 Å². The van der Waals surface area contributed by atoms with Gasteiger partial charge in [-0.25, -0.2) is 9.59 Å². The maximum Gasteiger partial charge on any atom is 1.00 e. The molecule has 0 saturated carbocycles. The van der Waals surface area contributed by atoms with Crippen LogP contribution in [0.1, 0.15) is 12.6 Å². The summed E-state index contributed by atoms with van der Waals surface area (Å²) in [5.74, 6) is -0.205. The van der Waals surface area contributed by atoms with Gasteiger partial charge in [0, 0.05) is 38.3 Å². The van der Waals surface area contributed by atoms with E-state index in [4.69, 9.17) is 19.0 Å². The van der Waals surface area contributed by atoms with Crippen molar-refractivity contribution in [3.8, 4) is 23.0 Å². The van der Waals surface area contributed by atoms with Crippen LogP contribution in [0.25, 0.3) is 12.2 Å². The predicted octanol–water partition coefficient (Wildman–Crippen LogP) is -0.479. The Balaban J connectivity index is 0.00000306.